The molecule has 1 aromatic heterocycles. The lowest BCUT2D eigenvalue weighted by molar-refractivity contribution is 0.108. The Morgan fingerprint density at radius 3 is 2.71 bits per heavy atom. The molecule has 0 unspecified atom stereocenters. The fourth-order valence-corrected chi connectivity index (χ4v) is 2.04. The monoisotopic (exact) mass is 287 g/mol. The van der Waals surface area contributed by atoms with E-state index in [9.17, 15) is 0 Å². The van der Waals surface area contributed by atoms with E-state index >= 15 is 0 Å². The van der Waals surface area contributed by atoms with Crippen LogP contribution in [0.25, 0.3) is 5.69 Å². The zero-order valence-electron chi connectivity index (χ0n) is 13.0. The maximum absolute atomic E-state index is 5.55. The van der Waals surface area contributed by atoms with Gasteiger partial charge in [0.15, 0.2) is 0 Å². The largest absolute Gasteiger partial charge is 0.381 e. The van der Waals surface area contributed by atoms with E-state index in [2.05, 4.69) is 48.5 Å². The molecular weight excluding hydrogens is 262 g/mol. The minimum absolute atomic E-state index is 0.617. The van der Waals surface area contributed by atoms with Gasteiger partial charge in [-0.1, -0.05) is 26.0 Å². The summed E-state index contributed by atoms with van der Waals surface area (Å²) in [7, 11) is 0. The lowest BCUT2D eigenvalue weighted by Gasteiger charge is -2.08. The topological polar surface area (TPSA) is 39.1 Å². The third kappa shape index (κ3) is 5.69. The third-order valence-corrected chi connectivity index (χ3v) is 3.13. The van der Waals surface area contributed by atoms with Crippen LogP contribution >= 0.6 is 0 Å². The molecule has 2 rings (SSSR count). The molecule has 0 spiro atoms. The van der Waals surface area contributed by atoms with Gasteiger partial charge in [0.1, 0.15) is 0 Å². The van der Waals surface area contributed by atoms with Gasteiger partial charge in [0.25, 0.3) is 0 Å². The molecular formula is C17H25N3O. The van der Waals surface area contributed by atoms with Gasteiger partial charge in [-0.3, -0.25) is 0 Å². The smallest absolute Gasteiger partial charge is 0.0645 e. The molecule has 0 saturated heterocycles. The van der Waals surface area contributed by atoms with Crippen molar-refractivity contribution in [3.63, 3.8) is 0 Å². The summed E-state index contributed by atoms with van der Waals surface area (Å²) >= 11 is 0. The highest BCUT2D eigenvalue weighted by Crippen LogP contribution is 2.08. The van der Waals surface area contributed by atoms with E-state index in [4.69, 9.17) is 4.74 Å². The van der Waals surface area contributed by atoms with Gasteiger partial charge < -0.3 is 10.1 Å². The first-order chi connectivity index (χ1) is 10.3. The normalized spacial score (nSPS) is 11.2. The van der Waals surface area contributed by atoms with E-state index in [-0.39, 0.29) is 0 Å². The van der Waals surface area contributed by atoms with Crippen molar-refractivity contribution in [2.24, 2.45) is 5.92 Å². The Hall–Kier alpha value is -1.65. The highest BCUT2D eigenvalue weighted by Gasteiger charge is 1.97. The van der Waals surface area contributed by atoms with Crippen molar-refractivity contribution in [2.45, 2.75) is 26.8 Å². The van der Waals surface area contributed by atoms with Gasteiger partial charge in [-0.2, -0.15) is 5.10 Å². The van der Waals surface area contributed by atoms with Gasteiger partial charge in [-0.25, -0.2) is 4.68 Å². The van der Waals surface area contributed by atoms with E-state index < -0.39 is 0 Å². The average Bonchev–Trinajstić information content (AvgIpc) is 3.01. The Kier molecular flexibility index (Phi) is 6.44. The number of benzene rings is 1. The zero-order valence-corrected chi connectivity index (χ0v) is 13.0. The molecule has 0 aliphatic rings. The summed E-state index contributed by atoms with van der Waals surface area (Å²) in [5.74, 6) is 0.617. The number of ether oxygens (including phenoxy) is 1. The molecule has 1 aromatic carbocycles. The second kappa shape index (κ2) is 8.60. The van der Waals surface area contributed by atoms with Gasteiger partial charge in [0, 0.05) is 32.2 Å². The van der Waals surface area contributed by atoms with Crippen LogP contribution in [0.15, 0.2) is 42.7 Å². The van der Waals surface area contributed by atoms with Crippen LogP contribution in [0.5, 0.6) is 0 Å². The van der Waals surface area contributed by atoms with Crippen LogP contribution in [0.4, 0.5) is 0 Å². The predicted octanol–water partition coefficient (Wildman–Crippen LogP) is 3.02. The number of nitrogens with one attached hydrogen (secondary N) is 1. The van der Waals surface area contributed by atoms with Crippen molar-refractivity contribution >= 4 is 0 Å². The lowest BCUT2D eigenvalue weighted by atomic mass is 10.2. The van der Waals surface area contributed by atoms with Crippen molar-refractivity contribution in [2.75, 3.05) is 19.8 Å². The Morgan fingerprint density at radius 1 is 1.24 bits per heavy atom. The first kappa shape index (κ1) is 15.7. The number of aromatic nitrogens is 2. The van der Waals surface area contributed by atoms with E-state index in [1.165, 1.54) is 5.56 Å². The van der Waals surface area contributed by atoms with E-state index in [1.54, 1.807) is 6.20 Å². The van der Waals surface area contributed by atoms with Crippen LogP contribution in [0, 0.1) is 5.92 Å². The molecule has 0 aliphatic heterocycles. The van der Waals surface area contributed by atoms with Gasteiger partial charge >= 0.3 is 0 Å². The summed E-state index contributed by atoms with van der Waals surface area (Å²) in [6.07, 6.45) is 4.79. The zero-order chi connectivity index (χ0) is 14.9. The fourth-order valence-electron chi connectivity index (χ4n) is 2.04. The van der Waals surface area contributed by atoms with Crippen LogP contribution < -0.4 is 5.32 Å². The predicted molar refractivity (Wildman–Crippen MR) is 85.5 cm³/mol. The quantitative estimate of drug-likeness (QED) is 0.721. The van der Waals surface area contributed by atoms with Gasteiger partial charge in [0.2, 0.25) is 0 Å². The molecule has 0 amide bonds. The molecule has 4 nitrogen and oxygen atoms in total. The van der Waals surface area contributed by atoms with Crippen LogP contribution in [0.3, 0.4) is 0 Å². The SMILES string of the molecule is CC(C)COCCCNCc1ccc(-n2cccn2)cc1. The van der Waals surface area contributed by atoms with E-state index in [0.717, 1.165) is 38.4 Å². The number of hydrogen-bond acceptors (Lipinski definition) is 3. The van der Waals surface area contributed by atoms with Crippen molar-refractivity contribution in [3.05, 3.63) is 48.3 Å². The average molecular weight is 287 g/mol. The van der Waals surface area contributed by atoms with Crippen LogP contribution in [0.2, 0.25) is 0 Å². The standard InChI is InChI=1S/C17H25N3O/c1-15(2)14-21-12-4-9-18-13-16-5-7-17(8-6-16)20-11-3-10-19-20/h3,5-8,10-11,15,18H,4,9,12-14H2,1-2H3. The van der Waals surface area contributed by atoms with Crippen molar-refractivity contribution in [3.8, 4) is 5.69 Å². The number of hydrogen-bond donors (Lipinski definition) is 1. The molecule has 0 radical (unpaired) electrons. The fraction of sp³-hybridized carbons (Fsp3) is 0.471. The highest BCUT2D eigenvalue weighted by molar-refractivity contribution is 5.33. The second-order valence-corrected chi connectivity index (χ2v) is 5.62. The van der Waals surface area contributed by atoms with E-state index in [0.29, 0.717) is 5.92 Å². The molecule has 0 saturated carbocycles. The Labute approximate surface area is 127 Å². The summed E-state index contributed by atoms with van der Waals surface area (Å²) in [5.41, 5.74) is 2.37. The van der Waals surface area contributed by atoms with Crippen LogP contribution in [-0.2, 0) is 11.3 Å². The van der Waals surface area contributed by atoms with Gasteiger partial charge in [-0.15, -0.1) is 0 Å². The number of rotatable bonds is 9. The van der Waals surface area contributed by atoms with E-state index in [1.807, 2.05) is 16.9 Å². The van der Waals surface area contributed by atoms with Gasteiger partial charge in [-0.05, 0) is 42.6 Å². The first-order valence-corrected chi connectivity index (χ1v) is 7.63. The minimum atomic E-state index is 0.617. The van der Waals surface area contributed by atoms with Crippen molar-refractivity contribution in [1.29, 1.82) is 0 Å². The summed E-state index contributed by atoms with van der Waals surface area (Å²) in [6, 6.07) is 10.4. The Balaban J connectivity index is 1.63. The molecule has 4 heteroatoms. The Morgan fingerprint density at radius 2 is 2.05 bits per heavy atom. The molecule has 0 bridgehead atoms. The second-order valence-electron chi connectivity index (χ2n) is 5.62. The maximum Gasteiger partial charge on any atom is 0.0645 e. The van der Waals surface area contributed by atoms with Crippen LogP contribution in [-0.4, -0.2) is 29.5 Å². The Bertz CT molecular complexity index is 491. The molecule has 21 heavy (non-hydrogen) atoms. The molecule has 0 aliphatic carbocycles. The number of nitrogens with zero attached hydrogens (tertiary/aromatic N) is 2. The summed E-state index contributed by atoms with van der Waals surface area (Å²) < 4.78 is 7.42. The summed E-state index contributed by atoms with van der Waals surface area (Å²) in [5, 5.41) is 7.66. The first-order valence-electron chi connectivity index (χ1n) is 7.63. The molecule has 2 aromatic rings. The third-order valence-electron chi connectivity index (χ3n) is 3.13. The molecule has 1 N–H and O–H groups in total. The molecule has 0 atom stereocenters. The molecule has 1 heterocycles. The summed E-state index contributed by atoms with van der Waals surface area (Å²) in [4.78, 5) is 0. The minimum Gasteiger partial charge on any atom is -0.381 e. The van der Waals surface area contributed by atoms with Crippen LogP contribution in [0.1, 0.15) is 25.8 Å². The molecule has 0 fully saturated rings. The summed E-state index contributed by atoms with van der Waals surface area (Å²) in [6.45, 7) is 7.91. The lowest BCUT2D eigenvalue weighted by Crippen LogP contribution is -2.17. The molecule has 114 valence electrons. The van der Waals surface area contributed by atoms with Crippen molar-refractivity contribution < 1.29 is 4.74 Å². The van der Waals surface area contributed by atoms with Gasteiger partial charge in [0.05, 0.1) is 5.69 Å². The van der Waals surface area contributed by atoms with Crippen molar-refractivity contribution in [1.82, 2.24) is 15.1 Å². The maximum atomic E-state index is 5.55. The highest BCUT2D eigenvalue weighted by atomic mass is 16.5.